The van der Waals surface area contributed by atoms with Gasteiger partial charge in [-0.15, -0.1) is 0 Å². The number of hydrogen-bond acceptors (Lipinski definition) is 6. The molecule has 138 valence electrons. The van der Waals surface area contributed by atoms with Gasteiger partial charge in [-0.25, -0.2) is 0 Å². The van der Waals surface area contributed by atoms with E-state index in [-0.39, 0.29) is 25.2 Å². The van der Waals surface area contributed by atoms with Crippen LogP contribution in [0.15, 0.2) is 42.0 Å². The summed E-state index contributed by atoms with van der Waals surface area (Å²) in [6.45, 7) is 1.20. The summed E-state index contributed by atoms with van der Waals surface area (Å²) in [6.07, 6.45) is 0.716. The second kappa shape index (κ2) is 10.1. The van der Waals surface area contributed by atoms with Crippen molar-refractivity contribution in [3.05, 3.63) is 47.5 Å². The van der Waals surface area contributed by atoms with E-state index in [2.05, 4.69) is 0 Å². The SMILES string of the molecule is CC(=O)OCC/C(=C/C(N)C(=O)OCc1ccccc1)CP(=O)(O)O. The highest BCUT2D eigenvalue weighted by Gasteiger charge is 2.20. The largest absolute Gasteiger partial charge is 0.466 e. The molecule has 1 aromatic carbocycles. The Kier molecular flexibility index (Phi) is 8.51. The fourth-order valence-corrected chi connectivity index (χ4v) is 2.75. The van der Waals surface area contributed by atoms with Crippen LogP contribution in [-0.2, 0) is 30.2 Å². The molecule has 1 rings (SSSR count). The highest BCUT2D eigenvalue weighted by atomic mass is 31.2. The van der Waals surface area contributed by atoms with Crippen molar-refractivity contribution in [1.82, 2.24) is 0 Å². The Morgan fingerprint density at radius 1 is 1.24 bits per heavy atom. The van der Waals surface area contributed by atoms with E-state index in [0.29, 0.717) is 0 Å². The minimum absolute atomic E-state index is 0.0441. The number of ether oxygens (including phenoxy) is 2. The smallest absolute Gasteiger partial charge is 0.329 e. The zero-order valence-electron chi connectivity index (χ0n) is 13.8. The number of carbonyl (C=O) groups is 2. The third kappa shape index (κ3) is 9.79. The van der Waals surface area contributed by atoms with Crippen LogP contribution in [0.1, 0.15) is 18.9 Å². The molecule has 9 heteroatoms. The van der Waals surface area contributed by atoms with Crippen molar-refractivity contribution in [2.24, 2.45) is 5.73 Å². The van der Waals surface area contributed by atoms with Crippen molar-refractivity contribution in [3.63, 3.8) is 0 Å². The summed E-state index contributed by atoms with van der Waals surface area (Å²) >= 11 is 0. The lowest BCUT2D eigenvalue weighted by atomic mass is 10.1. The Labute approximate surface area is 145 Å². The molecule has 8 nitrogen and oxygen atoms in total. The van der Waals surface area contributed by atoms with Crippen LogP contribution in [0.5, 0.6) is 0 Å². The Balaban J connectivity index is 2.67. The van der Waals surface area contributed by atoms with Gasteiger partial charge < -0.3 is 25.0 Å². The maximum atomic E-state index is 11.9. The quantitative estimate of drug-likeness (QED) is 0.334. The third-order valence-electron chi connectivity index (χ3n) is 3.05. The van der Waals surface area contributed by atoms with Gasteiger partial charge in [-0.3, -0.25) is 14.2 Å². The van der Waals surface area contributed by atoms with E-state index in [0.717, 1.165) is 5.56 Å². The first kappa shape index (κ1) is 21.1. The van der Waals surface area contributed by atoms with Gasteiger partial charge >= 0.3 is 19.5 Å². The minimum Gasteiger partial charge on any atom is -0.466 e. The van der Waals surface area contributed by atoms with Crippen molar-refractivity contribution in [2.45, 2.75) is 26.0 Å². The van der Waals surface area contributed by atoms with Gasteiger partial charge in [-0.05, 0) is 5.56 Å². The molecule has 0 saturated heterocycles. The first-order valence-corrected chi connectivity index (χ1v) is 9.31. The minimum atomic E-state index is -4.35. The van der Waals surface area contributed by atoms with Crippen molar-refractivity contribution in [1.29, 1.82) is 0 Å². The molecule has 1 atom stereocenters. The van der Waals surface area contributed by atoms with Crippen LogP contribution in [0.3, 0.4) is 0 Å². The van der Waals surface area contributed by atoms with Gasteiger partial charge in [0, 0.05) is 13.3 Å². The number of carbonyl (C=O) groups excluding carboxylic acids is 2. The highest BCUT2D eigenvalue weighted by Crippen LogP contribution is 2.37. The fourth-order valence-electron chi connectivity index (χ4n) is 1.95. The number of hydrogen-bond donors (Lipinski definition) is 3. The van der Waals surface area contributed by atoms with Crippen LogP contribution in [0.4, 0.5) is 0 Å². The fraction of sp³-hybridized carbons (Fsp3) is 0.375. The molecular weight excluding hydrogens is 349 g/mol. The molecule has 0 aliphatic carbocycles. The van der Waals surface area contributed by atoms with Crippen LogP contribution in [0.2, 0.25) is 0 Å². The van der Waals surface area contributed by atoms with Crippen LogP contribution < -0.4 is 5.73 Å². The molecule has 0 saturated carbocycles. The Hall–Kier alpha value is -1.99. The summed E-state index contributed by atoms with van der Waals surface area (Å²) in [5.41, 5.74) is 6.73. The summed E-state index contributed by atoms with van der Waals surface area (Å²) in [5, 5.41) is 0. The molecule has 0 aliphatic heterocycles. The second-order valence-electron chi connectivity index (χ2n) is 5.36. The van der Waals surface area contributed by atoms with Crippen LogP contribution in [0.25, 0.3) is 0 Å². The van der Waals surface area contributed by atoms with Crippen molar-refractivity contribution >= 4 is 19.5 Å². The summed E-state index contributed by atoms with van der Waals surface area (Å²) in [6, 6.07) is 7.83. The zero-order chi connectivity index (χ0) is 18.9. The molecule has 0 spiro atoms. The summed E-state index contributed by atoms with van der Waals surface area (Å²) < 4.78 is 21.0. The van der Waals surface area contributed by atoms with Crippen LogP contribution in [0, 0.1) is 0 Å². The number of benzene rings is 1. The molecule has 0 fully saturated rings. The van der Waals surface area contributed by atoms with E-state index in [1.165, 1.54) is 13.0 Å². The molecule has 0 bridgehead atoms. The van der Waals surface area contributed by atoms with Crippen molar-refractivity contribution in [3.8, 4) is 0 Å². The van der Waals surface area contributed by atoms with Gasteiger partial charge in [-0.1, -0.05) is 42.0 Å². The predicted molar refractivity (Wildman–Crippen MR) is 90.5 cm³/mol. The topological polar surface area (TPSA) is 136 Å². The first-order valence-electron chi connectivity index (χ1n) is 7.51. The monoisotopic (exact) mass is 371 g/mol. The molecule has 0 heterocycles. The van der Waals surface area contributed by atoms with E-state index in [4.69, 9.17) is 25.0 Å². The van der Waals surface area contributed by atoms with E-state index < -0.39 is 31.7 Å². The summed E-state index contributed by atoms with van der Waals surface area (Å²) in [7, 11) is -4.35. The molecule has 4 N–H and O–H groups in total. The normalized spacial score (nSPS) is 13.2. The molecule has 0 radical (unpaired) electrons. The van der Waals surface area contributed by atoms with Gasteiger partial charge in [0.15, 0.2) is 0 Å². The molecule has 0 aromatic heterocycles. The van der Waals surface area contributed by atoms with E-state index in [9.17, 15) is 14.2 Å². The maximum absolute atomic E-state index is 11.9. The molecule has 1 aromatic rings. The maximum Gasteiger partial charge on any atom is 0.329 e. The summed E-state index contributed by atoms with van der Waals surface area (Å²) in [5.74, 6) is -1.23. The highest BCUT2D eigenvalue weighted by molar-refractivity contribution is 7.52. The zero-order valence-corrected chi connectivity index (χ0v) is 14.7. The van der Waals surface area contributed by atoms with Crippen LogP contribution in [-0.4, -0.2) is 40.5 Å². The van der Waals surface area contributed by atoms with E-state index in [1.807, 2.05) is 6.07 Å². The van der Waals surface area contributed by atoms with Gasteiger partial charge in [0.25, 0.3) is 0 Å². The van der Waals surface area contributed by atoms with Gasteiger partial charge in [0.1, 0.15) is 12.6 Å². The van der Waals surface area contributed by atoms with Crippen molar-refractivity contribution in [2.75, 3.05) is 12.8 Å². The Bertz CT molecular complexity index is 654. The number of rotatable bonds is 9. The first-order chi connectivity index (χ1) is 11.7. The molecule has 0 amide bonds. The average molecular weight is 371 g/mol. The van der Waals surface area contributed by atoms with Gasteiger partial charge in [-0.2, -0.15) is 0 Å². The molecular formula is C16H22NO7P. The standard InChI is InChI=1S/C16H22NO7P/c1-12(18)23-8-7-14(11-25(20,21)22)9-15(17)16(19)24-10-13-5-3-2-4-6-13/h2-6,9,15H,7-8,10-11,17H2,1H3,(H2,20,21,22)/b14-9-. The van der Waals surface area contributed by atoms with Gasteiger partial charge in [0.2, 0.25) is 0 Å². The Morgan fingerprint density at radius 3 is 2.44 bits per heavy atom. The molecule has 25 heavy (non-hydrogen) atoms. The average Bonchev–Trinajstić information content (AvgIpc) is 2.51. The van der Waals surface area contributed by atoms with Gasteiger partial charge in [0.05, 0.1) is 12.8 Å². The van der Waals surface area contributed by atoms with E-state index >= 15 is 0 Å². The molecule has 1 unspecified atom stereocenters. The lowest BCUT2D eigenvalue weighted by Crippen LogP contribution is -2.31. The predicted octanol–water partition coefficient (Wildman–Crippen LogP) is 1.11. The Morgan fingerprint density at radius 2 is 1.88 bits per heavy atom. The van der Waals surface area contributed by atoms with Crippen LogP contribution >= 0.6 is 7.60 Å². The lowest BCUT2D eigenvalue weighted by molar-refractivity contribution is -0.145. The summed E-state index contributed by atoms with van der Waals surface area (Å²) in [4.78, 5) is 40.9. The third-order valence-corrected chi connectivity index (χ3v) is 3.87. The molecule has 0 aliphatic rings. The number of nitrogens with two attached hydrogens (primary N) is 1. The van der Waals surface area contributed by atoms with Crippen molar-refractivity contribution < 1.29 is 33.4 Å². The number of esters is 2. The lowest BCUT2D eigenvalue weighted by Gasteiger charge is -2.13. The second-order valence-corrected chi connectivity index (χ2v) is 7.00. The van der Waals surface area contributed by atoms with E-state index in [1.54, 1.807) is 24.3 Å².